The third-order valence-corrected chi connectivity index (χ3v) is 2.18. The molecular formula is C11H9F6NO4. The zero-order valence-corrected chi connectivity index (χ0v) is 11.1. The number of rotatable bonds is 4. The van der Waals surface area contributed by atoms with Gasteiger partial charge in [0.25, 0.3) is 0 Å². The van der Waals surface area contributed by atoms with E-state index in [2.05, 4.69) is 19.2 Å². The van der Waals surface area contributed by atoms with E-state index in [4.69, 9.17) is 0 Å². The van der Waals surface area contributed by atoms with E-state index in [0.717, 1.165) is 7.11 Å². The van der Waals surface area contributed by atoms with Crippen LogP contribution < -0.4 is 9.47 Å². The molecule has 11 heteroatoms. The first-order valence-corrected chi connectivity index (χ1v) is 5.58. The summed E-state index contributed by atoms with van der Waals surface area (Å²) in [5.41, 5.74) is -3.03. The number of carbonyl (C=O) groups is 1. The van der Waals surface area contributed by atoms with Crippen molar-refractivity contribution in [3.8, 4) is 11.5 Å². The zero-order chi connectivity index (χ0) is 17.1. The van der Waals surface area contributed by atoms with Crippen LogP contribution in [0.2, 0.25) is 0 Å². The number of pyridine rings is 1. The molecule has 1 heterocycles. The molecule has 1 aromatic rings. The van der Waals surface area contributed by atoms with Crippen LogP contribution in [-0.4, -0.2) is 31.0 Å². The van der Waals surface area contributed by atoms with Gasteiger partial charge < -0.3 is 14.2 Å². The molecule has 0 amide bonds. The fourth-order valence-electron chi connectivity index (χ4n) is 1.48. The van der Waals surface area contributed by atoms with Crippen molar-refractivity contribution >= 4 is 5.97 Å². The topological polar surface area (TPSA) is 57.7 Å². The fraction of sp³-hybridized carbons (Fsp3) is 0.455. The van der Waals surface area contributed by atoms with Crippen LogP contribution in [0.1, 0.15) is 23.0 Å². The Labute approximate surface area is 119 Å². The van der Waals surface area contributed by atoms with Crippen LogP contribution in [0.5, 0.6) is 11.5 Å². The predicted molar refractivity (Wildman–Crippen MR) is 58.4 cm³/mol. The Balaban J connectivity index is 3.55. The molecule has 0 saturated carbocycles. The minimum Gasteiger partial charge on any atom is -0.492 e. The lowest BCUT2D eigenvalue weighted by molar-refractivity contribution is -0.275. The Morgan fingerprint density at radius 2 is 1.82 bits per heavy atom. The maximum atomic E-state index is 12.8. The Kier molecular flexibility index (Phi) is 5.09. The van der Waals surface area contributed by atoms with E-state index >= 15 is 0 Å². The van der Waals surface area contributed by atoms with Gasteiger partial charge in [0.15, 0.2) is 17.2 Å². The summed E-state index contributed by atoms with van der Waals surface area (Å²) in [6.45, 7) is 1.00. The van der Waals surface area contributed by atoms with E-state index in [9.17, 15) is 31.1 Å². The third-order valence-electron chi connectivity index (χ3n) is 2.18. The SMILES string of the molecule is CCOC(=O)c1c(C(F)(F)F)ncc(OC(F)(F)F)c1OC. The van der Waals surface area contributed by atoms with Gasteiger partial charge in [0.05, 0.1) is 19.9 Å². The standard InChI is InChI=1S/C11H9F6NO4/c1-3-21-9(19)6-7(20-2)5(22-11(15,16)17)4-18-8(6)10(12,13)14/h4H,3H2,1-2H3. The number of ether oxygens (including phenoxy) is 3. The highest BCUT2D eigenvalue weighted by Gasteiger charge is 2.42. The molecule has 1 aromatic heterocycles. The summed E-state index contributed by atoms with van der Waals surface area (Å²) >= 11 is 0. The van der Waals surface area contributed by atoms with Gasteiger partial charge in [-0.15, -0.1) is 13.2 Å². The number of carbonyl (C=O) groups excluding carboxylic acids is 1. The number of halogens is 6. The third kappa shape index (κ3) is 4.15. The number of aromatic nitrogens is 1. The quantitative estimate of drug-likeness (QED) is 0.626. The zero-order valence-electron chi connectivity index (χ0n) is 11.1. The van der Waals surface area contributed by atoms with E-state index in [-0.39, 0.29) is 12.8 Å². The van der Waals surface area contributed by atoms with Gasteiger partial charge in [-0.05, 0) is 6.92 Å². The summed E-state index contributed by atoms with van der Waals surface area (Å²) in [4.78, 5) is 14.4. The summed E-state index contributed by atoms with van der Waals surface area (Å²) in [6.07, 6.45) is -10.1. The molecular weight excluding hydrogens is 324 g/mol. The van der Waals surface area contributed by atoms with Gasteiger partial charge in [0.2, 0.25) is 0 Å². The van der Waals surface area contributed by atoms with Crippen LogP contribution in [0.15, 0.2) is 6.20 Å². The molecule has 0 fully saturated rings. The van der Waals surface area contributed by atoms with E-state index < -0.39 is 41.3 Å². The van der Waals surface area contributed by atoms with E-state index in [1.165, 1.54) is 6.92 Å². The molecule has 0 spiro atoms. The van der Waals surface area contributed by atoms with Crippen molar-refractivity contribution in [2.75, 3.05) is 13.7 Å². The fourth-order valence-corrected chi connectivity index (χ4v) is 1.48. The lowest BCUT2D eigenvalue weighted by Gasteiger charge is -2.18. The van der Waals surface area contributed by atoms with Crippen LogP contribution in [0, 0.1) is 0 Å². The summed E-state index contributed by atoms with van der Waals surface area (Å²) in [5.74, 6) is -3.80. The average Bonchev–Trinajstić information content (AvgIpc) is 2.35. The lowest BCUT2D eigenvalue weighted by Crippen LogP contribution is -2.22. The Morgan fingerprint density at radius 1 is 1.23 bits per heavy atom. The van der Waals surface area contributed by atoms with Crippen LogP contribution >= 0.6 is 0 Å². The molecule has 0 bridgehead atoms. The van der Waals surface area contributed by atoms with Crippen molar-refractivity contribution in [1.29, 1.82) is 0 Å². The Bertz CT molecular complexity index is 555. The van der Waals surface area contributed by atoms with Crippen molar-refractivity contribution in [3.63, 3.8) is 0 Å². The molecule has 0 aliphatic rings. The number of alkyl halides is 6. The summed E-state index contributed by atoms with van der Waals surface area (Å²) in [5, 5.41) is 0. The van der Waals surface area contributed by atoms with Crippen LogP contribution in [0.25, 0.3) is 0 Å². The van der Waals surface area contributed by atoms with Gasteiger partial charge in [0.1, 0.15) is 5.56 Å². The number of hydrogen-bond donors (Lipinski definition) is 0. The molecule has 0 aliphatic heterocycles. The highest BCUT2D eigenvalue weighted by Crippen LogP contribution is 2.41. The molecule has 5 nitrogen and oxygen atoms in total. The molecule has 22 heavy (non-hydrogen) atoms. The van der Waals surface area contributed by atoms with Gasteiger partial charge in [-0.3, -0.25) is 0 Å². The maximum absolute atomic E-state index is 12.8. The van der Waals surface area contributed by atoms with Gasteiger partial charge in [-0.2, -0.15) is 13.2 Å². The van der Waals surface area contributed by atoms with Crippen molar-refractivity contribution in [2.45, 2.75) is 19.5 Å². The lowest BCUT2D eigenvalue weighted by atomic mass is 10.1. The van der Waals surface area contributed by atoms with Crippen molar-refractivity contribution in [3.05, 3.63) is 17.5 Å². The number of nitrogens with zero attached hydrogens (tertiary/aromatic N) is 1. The van der Waals surface area contributed by atoms with E-state index in [0.29, 0.717) is 0 Å². The predicted octanol–water partition coefficient (Wildman–Crippen LogP) is 3.18. The molecule has 0 N–H and O–H groups in total. The number of hydrogen-bond acceptors (Lipinski definition) is 5. The second-order valence-corrected chi connectivity index (χ2v) is 3.65. The number of esters is 1. The van der Waals surface area contributed by atoms with Gasteiger partial charge in [0, 0.05) is 0 Å². The monoisotopic (exact) mass is 333 g/mol. The molecule has 0 unspecified atom stereocenters. The summed E-state index contributed by atoms with van der Waals surface area (Å²) in [7, 11) is 0.779. The normalized spacial score (nSPS) is 12.0. The first-order chi connectivity index (χ1) is 10.0. The largest absolute Gasteiger partial charge is 0.573 e. The highest BCUT2D eigenvalue weighted by atomic mass is 19.4. The smallest absolute Gasteiger partial charge is 0.492 e. The van der Waals surface area contributed by atoms with Gasteiger partial charge in [-0.1, -0.05) is 0 Å². The molecule has 124 valence electrons. The molecule has 0 atom stereocenters. The second-order valence-electron chi connectivity index (χ2n) is 3.65. The van der Waals surface area contributed by atoms with Gasteiger partial charge >= 0.3 is 18.5 Å². The van der Waals surface area contributed by atoms with E-state index in [1.54, 1.807) is 0 Å². The first-order valence-electron chi connectivity index (χ1n) is 5.58. The Hall–Kier alpha value is -2.20. The highest BCUT2D eigenvalue weighted by molar-refractivity contribution is 5.95. The molecule has 0 aliphatic carbocycles. The summed E-state index contributed by atoms with van der Waals surface area (Å²) in [6, 6.07) is 0. The summed E-state index contributed by atoms with van der Waals surface area (Å²) < 4.78 is 87.6. The first kappa shape index (κ1) is 17.9. The molecule has 0 aromatic carbocycles. The van der Waals surface area contributed by atoms with Crippen molar-refractivity contribution in [1.82, 2.24) is 4.98 Å². The molecule has 0 radical (unpaired) electrons. The average molecular weight is 333 g/mol. The number of methoxy groups -OCH3 is 1. The Morgan fingerprint density at radius 3 is 2.23 bits per heavy atom. The van der Waals surface area contributed by atoms with Crippen LogP contribution in [-0.2, 0) is 10.9 Å². The van der Waals surface area contributed by atoms with Crippen LogP contribution in [0.3, 0.4) is 0 Å². The van der Waals surface area contributed by atoms with Crippen molar-refractivity contribution < 1.29 is 45.3 Å². The van der Waals surface area contributed by atoms with Crippen molar-refractivity contribution in [2.24, 2.45) is 0 Å². The van der Waals surface area contributed by atoms with Gasteiger partial charge in [-0.25, -0.2) is 9.78 Å². The second kappa shape index (κ2) is 6.28. The minimum atomic E-state index is -5.21. The van der Waals surface area contributed by atoms with E-state index in [1.807, 2.05) is 0 Å². The minimum absolute atomic E-state index is 0.165. The van der Waals surface area contributed by atoms with Crippen LogP contribution in [0.4, 0.5) is 26.3 Å². The molecule has 0 saturated heterocycles. The molecule has 1 rings (SSSR count). The maximum Gasteiger partial charge on any atom is 0.573 e.